The van der Waals surface area contributed by atoms with Crippen molar-refractivity contribution in [2.45, 2.75) is 38.4 Å². The number of rotatable bonds is 2. The Bertz CT molecular complexity index is 924. The molecule has 0 saturated heterocycles. The summed E-state index contributed by atoms with van der Waals surface area (Å²) in [6.07, 6.45) is 2.65. The first-order valence-corrected chi connectivity index (χ1v) is 9.90. The summed E-state index contributed by atoms with van der Waals surface area (Å²) in [5.74, 6) is -2.20. The quantitative estimate of drug-likeness (QED) is 0.755. The van der Waals surface area contributed by atoms with E-state index >= 15 is 0 Å². The third-order valence-electron chi connectivity index (χ3n) is 5.04. The van der Waals surface area contributed by atoms with E-state index in [9.17, 15) is 22.4 Å². The SMILES string of the molecule is CCN1c2ccc(F)c(N3C(=O)C4=C(CCCC4)C3=O)c2CS1(=O)=O. The van der Waals surface area contributed by atoms with Gasteiger partial charge in [0.15, 0.2) is 0 Å². The Balaban J connectivity index is 1.88. The highest BCUT2D eigenvalue weighted by molar-refractivity contribution is 7.92. The minimum atomic E-state index is -3.62. The van der Waals surface area contributed by atoms with Gasteiger partial charge in [0.1, 0.15) is 5.82 Å². The molecule has 0 bridgehead atoms. The fraction of sp³-hybridized carbons (Fsp3) is 0.412. The van der Waals surface area contributed by atoms with Crippen LogP contribution < -0.4 is 9.21 Å². The van der Waals surface area contributed by atoms with Crippen LogP contribution >= 0.6 is 0 Å². The first-order chi connectivity index (χ1) is 11.9. The van der Waals surface area contributed by atoms with Crippen LogP contribution in [0.4, 0.5) is 15.8 Å². The van der Waals surface area contributed by atoms with Crippen molar-refractivity contribution < 1.29 is 22.4 Å². The zero-order valence-corrected chi connectivity index (χ0v) is 14.5. The number of nitrogens with zero attached hydrogens (tertiary/aromatic N) is 2. The average molecular weight is 364 g/mol. The van der Waals surface area contributed by atoms with Gasteiger partial charge in [-0.05, 0) is 44.7 Å². The molecular formula is C17H17FN2O4S. The summed E-state index contributed by atoms with van der Waals surface area (Å²) in [4.78, 5) is 26.3. The van der Waals surface area contributed by atoms with Gasteiger partial charge in [0.25, 0.3) is 11.8 Å². The number of amides is 2. The van der Waals surface area contributed by atoms with E-state index in [0.29, 0.717) is 29.7 Å². The maximum Gasteiger partial charge on any atom is 0.261 e. The van der Waals surface area contributed by atoms with Crippen molar-refractivity contribution in [1.29, 1.82) is 0 Å². The number of carbonyl (C=O) groups is 2. The summed E-state index contributed by atoms with van der Waals surface area (Å²) in [6, 6.07) is 2.51. The topological polar surface area (TPSA) is 74.8 Å². The summed E-state index contributed by atoms with van der Waals surface area (Å²) in [7, 11) is -3.62. The highest BCUT2D eigenvalue weighted by Gasteiger charge is 2.44. The molecule has 1 aliphatic carbocycles. The van der Waals surface area contributed by atoms with E-state index in [0.717, 1.165) is 23.8 Å². The fourth-order valence-electron chi connectivity index (χ4n) is 3.93. The van der Waals surface area contributed by atoms with Crippen LogP contribution in [0.25, 0.3) is 0 Å². The summed E-state index contributed by atoms with van der Waals surface area (Å²) in [5.41, 5.74) is 1.21. The largest absolute Gasteiger partial charge is 0.270 e. The van der Waals surface area contributed by atoms with Crippen LogP contribution in [-0.4, -0.2) is 26.8 Å². The van der Waals surface area contributed by atoms with Gasteiger partial charge in [-0.25, -0.2) is 17.7 Å². The van der Waals surface area contributed by atoms with Crippen molar-refractivity contribution in [1.82, 2.24) is 0 Å². The molecule has 3 aliphatic rings. The van der Waals surface area contributed by atoms with Crippen molar-refractivity contribution in [3.8, 4) is 0 Å². The molecule has 0 spiro atoms. The Morgan fingerprint density at radius 2 is 1.68 bits per heavy atom. The monoisotopic (exact) mass is 364 g/mol. The van der Waals surface area contributed by atoms with E-state index in [1.54, 1.807) is 6.92 Å². The summed E-state index contributed by atoms with van der Waals surface area (Å²) in [6.45, 7) is 1.89. The van der Waals surface area contributed by atoms with Gasteiger partial charge in [0, 0.05) is 23.3 Å². The molecule has 0 N–H and O–H groups in total. The summed E-state index contributed by atoms with van der Waals surface area (Å²) in [5, 5.41) is 0. The number of benzene rings is 1. The Hall–Kier alpha value is -2.22. The van der Waals surface area contributed by atoms with Gasteiger partial charge >= 0.3 is 0 Å². The molecule has 0 unspecified atom stereocenters. The first-order valence-electron chi connectivity index (χ1n) is 8.29. The van der Waals surface area contributed by atoms with Crippen molar-refractivity contribution in [2.75, 3.05) is 15.7 Å². The van der Waals surface area contributed by atoms with E-state index in [2.05, 4.69) is 0 Å². The summed E-state index contributed by atoms with van der Waals surface area (Å²) < 4.78 is 40.5. The molecule has 6 nitrogen and oxygen atoms in total. The molecule has 25 heavy (non-hydrogen) atoms. The normalized spacial score (nSPS) is 21.8. The van der Waals surface area contributed by atoms with E-state index < -0.39 is 33.4 Å². The zero-order chi connectivity index (χ0) is 17.9. The lowest BCUT2D eigenvalue weighted by Gasteiger charge is -2.20. The lowest BCUT2D eigenvalue weighted by Crippen LogP contribution is -2.33. The van der Waals surface area contributed by atoms with Gasteiger partial charge in [-0.1, -0.05) is 0 Å². The lowest BCUT2D eigenvalue weighted by atomic mass is 9.93. The first kappa shape index (κ1) is 16.3. The molecule has 132 valence electrons. The molecule has 0 aromatic heterocycles. The molecule has 2 amide bonds. The molecule has 0 atom stereocenters. The van der Waals surface area contributed by atoms with Gasteiger partial charge in [-0.3, -0.25) is 13.9 Å². The number of hydrogen-bond acceptors (Lipinski definition) is 4. The highest BCUT2D eigenvalue weighted by Crippen LogP contribution is 2.44. The second-order valence-corrected chi connectivity index (χ2v) is 8.32. The minimum Gasteiger partial charge on any atom is -0.270 e. The van der Waals surface area contributed by atoms with Crippen LogP contribution in [0.3, 0.4) is 0 Å². The third kappa shape index (κ3) is 2.16. The van der Waals surface area contributed by atoms with E-state index in [1.165, 1.54) is 10.4 Å². The molecule has 0 fully saturated rings. The van der Waals surface area contributed by atoms with Gasteiger partial charge in [-0.15, -0.1) is 0 Å². The van der Waals surface area contributed by atoms with E-state index in [4.69, 9.17) is 0 Å². The number of hydrogen-bond donors (Lipinski definition) is 0. The van der Waals surface area contributed by atoms with Crippen LogP contribution in [0.2, 0.25) is 0 Å². The van der Waals surface area contributed by atoms with E-state index in [1.807, 2.05) is 0 Å². The molecule has 8 heteroatoms. The number of fused-ring (bicyclic) bond motifs is 1. The lowest BCUT2D eigenvalue weighted by molar-refractivity contribution is -0.120. The van der Waals surface area contributed by atoms with Crippen LogP contribution in [0.1, 0.15) is 38.2 Å². The number of carbonyl (C=O) groups excluding carboxylic acids is 2. The molecular weight excluding hydrogens is 347 g/mol. The molecule has 0 saturated carbocycles. The van der Waals surface area contributed by atoms with Gasteiger partial charge in [0.05, 0.1) is 17.1 Å². The van der Waals surface area contributed by atoms with Crippen molar-refractivity contribution in [2.24, 2.45) is 0 Å². The fourth-order valence-corrected chi connectivity index (χ4v) is 5.60. The standard InChI is InChI=1S/C17H17FN2O4S/c1-2-19-14-8-7-13(18)15(12(14)9-25(19,23)24)20-16(21)10-5-3-4-6-11(10)17(20)22/h7-8H,2-6,9H2,1H3. The summed E-state index contributed by atoms with van der Waals surface area (Å²) >= 11 is 0. The average Bonchev–Trinajstić information content (AvgIpc) is 2.99. The Morgan fingerprint density at radius 3 is 2.24 bits per heavy atom. The van der Waals surface area contributed by atoms with Gasteiger partial charge in [0.2, 0.25) is 10.0 Å². The molecule has 2 heterocycles. The zero-order valence-electron chi connectivity index (χ0n) is 13.7. The Morgan fingerprint density at radius 1 is 1.08 bits per heavy atom. The number of halogens is 1. The Kier molecular flexibility index (Phi) is 3.50. The molecule has 0 radical (unpaired) electrons. The van der Waals surface area contributed by atoms with Crippen LogP contribution in [0.15, 0.2) is 23.3 Å². The predicted octanol–water partition coefficient (Wildman–Crippen LogP) is 2.24. The maximum absolute atomic E-state index is 14.6. The van der Waals surface area contributed by atoms with Crippen molar-refractivity contribution in [3.05, 3.63) is 34.7 Å². The van der Waals surface area contributed by atoms with Crippen LogP contribution in [0.5, 0.6) is 0 Å². The molecule has 4 rings (SSSR count). The number of imide groups is 1. The third-order valence-corrected chi connectivity index (χ3v) is 6.82. The van der Waals surface area contributed by atoms with Crippen LogP contribution in [0, 0.1) is 5.82 Å². The second kappa shape index (κ2) is 5.39. The van der Waals surface area contributed by atoms with Crippen LogP contribution in [-0.2, 0) is 25.4 Å². The predicted molar refractivity (Wildman–Crippen MR) is 90.0 cm³/mol. The second-order valence-electron chi connectivity index (χ2n) is 6.42. The number of anilines is 2. The number of sulfonamides is 1. The smallest absolute Gasteiger partial charge is 0.261 e. The maximum atomic E-state index is 14.6. The van der Waals surface area contributed by atoms with Gasteiger partial charge in [-0.2, -0.15) is 0 Å². The van der Waals surface area contributed by atoms with Crippen molar-refractivity contribution in [3.63, 3.8) is 0 Å². The molecule has 2 aliphatic heterocycles. The van der Waals surface area contributed by atoms with E-state index in [-0.39, 0.29) is 17.8 Å². The van der Waals surface area contributed by atoms with Gasteiger partial charge < -0.3 is 0 Å². The Labute approximate surface area is 145 Å². The highest BCUT2D eigenvalue weighted by atomic mass is 32.2. The minimum absolute atomic E-state index is 0.184. The van der Waals surface area contributed by atoms with Crippen molar-refractivity contribution >= 4 is 33.2 Å². The molecule has 1 aromatic carbocycles. The molecule has 1 aromatic rings.